The Morgan fingerprint density at radius 3 is 1.75 bits per heavy atom. The third-order valence-electron chi connectivity index (χ3n) is 8.72. The van der Waals surface area contributed by atoms with Crippen molar-refractivity contribution in [1.82, 2.24) is 25.2 Å². The molecule has 48 heavy (non-hydrogen) atoms. The maximum atomic E-state index is 6.22. The number of rotatable bonds is 9. The number of pyridine rings is 1. The fourth-order valence-corrected chi connectivity index (χ4v) is 6.42. The van der Waals surface area contributed by atoms with Crippen LogP contribution in [0.25, 0.3) is 33.4 Å². The van der Waals surface area contributed by atoms with Gasteiger partial charge in [0.15, 0.2) is 5.54 Å². The monoisotopic (exact) mass is 621 g/mol. The molecule has 0 aliphatic rings. The topological polar surface area (TPSA) is 65.7 Å². The molecule has 0 amide bonds. The fourth-order valence-electron chi connectivity index (χ4n) is 6.42. The lowest BCUT2D eigenvalue weighted by Crippen LogP contribution is -2.39. The molecule has 6 heteroatoms. The van der Waals surface area contributed by atoms with Crippen molar-refractivity contribution in [2.24, 2.45) is 0 Å². The van der Waals surface area contributed by atoms with Gasteiger partial charge in [-0.05, 0) is 56.8 Å². The molecule has 230 valence electrons. The van der Waals surface area contributed by atoms with Crippen LogP contribution in [0.2, 0.25) is 0 Å². The summed E-state index contributed by atoms with van der Waals surface area (Å²) >= 11 is 0. The van der Waals surface area contributed by atoms with Gasteiger partial charge in [0, 0.05) is 17.1 Å². The molecular weight excluding hydrogens is 590 g/mol. The van der Waals surface area contributed by atoms with Gasteiger partial charge in [-0.3, -0.25) is 4.98 Å². The summed E-state index contributed by atoms with van der Waals surface area (Å²) in [7, 11) is 0. The minimum absolute atomic E-state index is 0.451. The van der Waals surface area contributed by atoms with E-state index < -0.39 is 5.54 Å². The summed E-state index contributed by atoms with van der Waals surface area (Å²) in [4.78, 5) is 6.21. The second-order valence-electron chi connectivity index (χ2n) is 11.6. The van der Waals surface area contributed by atoms with Crippen LogP contribution < -0.4 is 4.74 Å². The molecule has 0 atom stereocenters. The molecule has 2 aromatic heterocycles. The van der Waals surface area contributed by atoms with Crippen molar-refractivity contribution >= 4 is 10.9 Å². The molecule has 0 radical (unpaired) electrons. The molecule has 0 spiro atoms. The standard InChI is InChI=1S/C42H31N5O/c1-4-14-33(15-5-1)42(34-16-6-2-7-17-34,35-18-8-3-9-19-35)47-45-41(44-46-47)37-21-11-10-20-36(37)32-26-24-31(25-27-32)30-48-40-28-29-43-39-23-13-12-22-38(39)40/h1-29H,30H2. The number of aromatic nitrogens is 5. The number of hydrogen-bond donors (Lipinski definition) is 0. The average molecular weight is 622 g/mol. The highest BCUT2D eigenvalue weighted by atomic mass is 16.5. The maximum absolute atomic E-state index is 6.22. The molecule has 2 heterocycles. The van der Waals surface area contributed by atoms with Gasteiger partial charge in [0.2, 0.25) is 5.82 Å². The van der Waals surface area contributed by atoms with Crippen LogP contribution in [0, 0.1) is 0 Å². The molecule has 0 N–H and O–H groups in total. The Kier molecular flexibility index (Phi) is 7.73. The van der Waals surface area contributed by atoms with Crippen molar-refractivity contribution in [3.8, 4) is 28.3 Å². The van der Waals surface area contributed by atoms with Crippen LogP contribution in [0.1, 0.15) is 22.3 Å². The van der Waals surface area contributed by atoms with E-state index in [0.29, 0.717) is 12.4 Å². The van der Waals surface area contributed by atoms with E-state index in [0.717, 1.165) is 55.6 Å². The van der Waals surface area contributed by atoms with E-state index in [-0.39, 0.29) is 0 Å². The fraction of sp³-hybridized carbons (Fsp3) is 0.0476. The minimum Gasteiger partial charge on any atom is -0.488 e. The Balaban J connectivity index is 1.15. The highest BCUT2D eigenvalue weighted by molar-refractivity contribution is 5.84. The summed E-state index contributed by atoms with van der Waals surface area (Å²) in [5.41, 5.74) is 7.24. The molecule has 0 fully saturated rings. The van der Waals surface area contributed by atoms with Gasteiger partial charge in [-0.2, -0.15) is 0 Å². The Labute approximate surface area is 279 Å². The molecule has 6 nitrogen and oxygen atoms in total. The quantitative estimate of drug-likeness (QED) is 0.151. The smallest absolute Gasteiger partial charge is 0.205 e. The second kappa shape index (κ2) is 12.8. The van der Waals surface area contributed by atoms with Crippen molar-refractivity contribution in [2.75, 3.05) is 0 Å². The summed E-state index contributed by atoms with van der Waals surface area (Å²) < 4.78 is 6.22. The summed E-state index contributed by atoms with van der Waals surface area (Å²) in [6.45, 7) is 0.451. The number of ether oxygens (including phenoxy) is 1. The molecule has 8 aromatic rings. The van der Waals surface area contributed by atoms with Crippen molar-refractivity contribution in [1.29, 1.82) is 0 Å². The molecule has 0 unspecified atom stereocenters. The molecule has 0 bridgehead atoms. The number of benzene rings is 6. The van der Waals surface area contributed by atoms with Crippen molar-refractivity contribution in [3.63, 3.8) is 0 Å². The molecule has 0 aliphatic carbocycles. The SMILES string of the molecule is c1ccc(C(c2ccccc2)(c2ccccc2)n2nnc(-c3ccccc3-c3ccc(COc4ccnc5ccccc45)cc3)n2)cc1. The van der Waals surface area contributed by atoms with Gasteiger partial charge in [0.1, 0.15) is 12.4 Å². The lowest BCUT2D eigenvalue weighted by molar-refractivity contribution is 0.310. The van der Waals surface area contributed by atoms with Gasteiger partial charge in [0.25, 0.3) is 0 Å². The Bertz CT molecular complexity index is 2180. The van der Waals surface area contributed by atoms with Gasteiger partial charge < -0.3 is 4.74 Å². The zero-order valence-corrected chi connectivity index (χ0v) is 26.1. The van der Waals surface area contributed by atoms with E-state index in [2.05, 4.69) is 114 Å². The van der Waals surface area contributed by atoms with Gasteiger partial charge in [-0.25, -0.2) is 0 Å². The number of fused-ring (bicyclic) bond motifs is 1. The number of nitrogens with zero attached hydrogens (tertiary/aromatic N) is 5. The molecule has 0 aliphatic heterocycles. The lowest BCUT2D eigenvalue weighted by atomic mass is 9.77. The van der Waals surface area contributed by atoms with Gasteiger partial charge >= 0.3 is 0 Å². The number of hydrogen-bond acceptors (Lipinski definition) is 5. The molecule has 6 aromatic carbocycles. The predicted octanol–water partition coefficient (Wildman–Crippen LogP) is 8.97. The molecule has 0 saturated carbocycles. The van der Waals surface area contributed by atoms with Crippen LogP contribution in [0.3, 0.4) is 0 Å². The van der Waals surface area contributed by atoms with Crippen LogP contribution in [-0.2, 0) is 12.1 Å². The predicted molar refractivity (Wildman–Crippen MR) is 189 cm³/mol. The van der Waals surface area contributed by atoms with Crippen LogP contribution in [0.15, 0.2) is 176 Å². The van der Waals surface area contributed by atoms with Crippen molar-refractivity contribution in [2.45, 2.75) is 12.1 Å². The third kappa shape index (κ3) is 5.29. The Hall–Kier alpha value is -6.40. The van der Waals surface area contributed by atoms with E-state index in [1.54, 1.807) is 11.0 Å². The van der Waals surface area contributed by atoms with Crippen molar-refractivity contribution in [3.05, 3.63) is 198 Å². The largest absolute Gasteiger partial charge is 0.488 e. The summed E-state index contributed by atoms with van der Waals surface area (Å²) in [6.07, 6.45) is 1.78. The van der Waals surface area contributed by atoms with Crippen LogP contribution in [0.5, 0.6) is 5.75 Å². The van der Waals surface area contributed by atoms with Crippen molar-refractivity contribution < 1.29 is 4.74 Å². The zero-order chi connectivity index (χ0) is 32.2. The summed E-state index contributed by atoms with van der Waals surface area (Å²) in [5.74, 6) is 1.37. The first-order chi connectivity index (χ1) is 23.8. The minimum atomic E-state index is -0.842. The molecular formula is C42H31N5O. The number of tetrazole rings is 1. The van der Waals surface area contributed by atoms with Gasteiger partial charge in [-0.1, -0.05) is 152 Å². The summed E-state index contributed by atoms with van der Waals surface area (Å²) in [6, 6.07) is 57.7. The lowest BCUT2D eigenvalue weighted by Gasteiger charge is -2.34. The highest BCUT2D eigenvalue weighted by Crippen LogP contribution is 2.40. The first-order valence-corrected chi connectivity index (χ1v) is 15.9. The Morgan fingerprint density at radius 2 is 1.10 bits per heavy atom. The van der Waals surface area contributed by atoms with Gasteiger partial charge in [0.05, 0.1) is 5.52 Å². The van der Waals surface area contributed by atoms with Crippen LogP contribution in [-0.4, -0.2) is 25.2 Å². The Morgan fingerprint density at radius 1 is 0.542 bits per heavy atom. The normalized spacial score (nSPS) is 11.4. The summed E-state index contributed by atoms with van der Waals surface area (Å²) in [5, 5.41) is 15.6. The van der Waals surface area contributed by atoms with E-state index in [1.165, 1.54) is 0 Å². The average Bonchev–Trinajstić information content (AvgIpc) is 3.66. The maximum Gasteiger partial charge on any atom is 0.205 e. The number of para-hydroxylation sites is 1. The molecule has 0 saturated heterocycles. The first-order valence-electron chi connectivity index (χ1n) is 15.9. The third-order valence-corrected chi connectivity index (χ3v) is 8.72. The highest BCUT2D eigenvalue weighted by Gasteiger charge is 2.41. The van der Waals surface area contributed by atoms with E-state index in [4.69, 9.17) is 20.1 Å². The second-order valence-corrected chi connectivity index (χ2v) is 11.6. The molecule has 8 rings (SSSR count). The van der Waals surface area contributed by atoms with Crippen LogP contribution in [0.4, 0.5) is 0 Å². The first kappa shape index (κ1) is 29.0. The zero-order valence-electron chi connectivity index (χ0n) is 26.1. The van der Waals surface area contributed by atoms with Crippen LogP contribution >= 0.6 is 0 Å². The van der Waals surface area contributed by atoms with E-state index >= 15 is 0 Å². The van der Waals surface area contributed by atoms with E-state index in [9.17, 15) is 0 Å². The van der Waals surface area contributed by atoms with Gasteiger partial charge in [-0.15, -0.1) is 15.0 Å². The van der Waals surface area contributed by atoms with E-state index in [1.807, 2.05) is 60.7 Å².